The number of aromatic nitrogens is 1. The molecule has 4 rings (SSSR count). The lowest BCUT2D eigenvalue weighted by atomic mass is 10.1. The SMILES string of the molecule is CCOC(=O)Nc1cc(OC(=O)c2cccnc2)ccc1-c1cc(=O)c2c(F)cccc2o1. The first-order chi connectivity index (χ1) is 16.0. The molecule has 33 heavy (non-hydrogen) atoms. The molecule has 0 bridgehead atoms. The third-order valence-corrected chi connectivity index (χ3v) is 4.58. The zero-order valence-electron chi connectivity index (χ0n) is 17.3. The Kier molecular flexibility index (Phi) is 6.12. The minimum absolute atomic E-state index is 0.0478. The van der Waals surface area contributed by atoms with Crippen LogP contribution >= 0.6 is 0 Å². The van der Waals surface area contributed by atoms with Crippen LogP contribution in [0.2, 0.25) is 0 Å². The van der Waals surface area contributed by atoms with Crippen LogP contribution in [0, 0.1) is 5.82 Å². The Balaban J connectivity index is 1.76. The Bertz CT molecular complexity index is 1400. The minimum atomic E-state index is -0.760. The molecular weight excluding hydrogens is 431 g/mol. The van der Waals surface area contributed by atoms with Gasteiger partial charge >= 0.3 is 12.1 Å². The van der Waals surface area contributed by atoms with E-state index < -0.39 is 23.3 Å². The molecule has 0 fully saturated rings. The minimum Gasteiger partial charge on any atom is -0.456 e. The van der Waals surface area contributed by atoms with E-state index >= 15 is 0 Å². The van der Waals surface area contributed by atoms with Crippen molar-refractivity contribution in [1.82, 2.24) is 4.98 Å². The van der Waals surface area contributed by atoms with Gasteiger partial charge in [-0.3, -0.25) is 15.1 Å². The van der Waals surface area contributed by atoms with Gasteiger partial charge in [-0.15, -0.1) is 0 Å². The van der Waals surface area contributed by atoms with Gasteiger partial charge in [0.15, 0.2) is 5.43 Å². The molecule has 9 heteroatoms. The second kappa shape index (κ2) is 9.31. The van der Waals surface area contributed by atoms with Crippen molar-refractivity contribution in [3.8, 4) is 17.1 Å². The number of carbonyl (C=O) groups excluding carboxylic acids is 2. The summed E-state index contributed by atoms with van der Waals surface area (Å²) in [5, 5.41) is 2.36. The van der Waals surface area contributed by atoms with Crippen LogP contribution < -0.4 is 15.5 Å². The Labute approximate surface area is 186 Å². The highest BCUT2D eigenvalue weighted by atomic mass is 19.1. The van der Waals surface area contributed by atoms with E-state index in [1.165, 1.54) is 42.7 Å². The quantitative estimate of drug-likeness (QED) is 0.346. The largest absolute Gasteiger partial charge is 0.456 e. The molecule has 0 unspecified atom stereocenters. The first-order valence-electron chi connectivity index (χ1n) is 9.89. The summed E-state index contributed by atoms with van der Waals surface area (Å²) in [5.74, 6) is -1.15. The fourth-order valence-corrected chi connectivity index (χ4v) is 3.13. The van der Waals surface area contributed by atoms with Gasteiger partial charge in [-0.25, -0.2) is 14.0 Å². The smallest absolute Gasteiger partial charge is 0.411 e. The van der Waals surface area contributed by atoms with Gasteiger partial charge < -0.3 is 13.9 Å². The van der Waals surface area contributed by atoms with E-state index in [4.69, 9.17) is 13.9 Å². The maximum absolute atomic E-state index is 14.0. The molecule has 8 nitrogen and oxygen atoms in total. The second-order valence-electron chi connectivity index (χ2n) is 6.77. The maximum atomic E-state index is 14.0. The summed E-state index contributed by atoms with van der Waals surface area (Å²) >= 11 is 0. The van der Waals surface area contributed by atoms with Gasteiger partial charge in [-0.1, -0.05) is 6.07 Å². The molecule has 1 amide bonds. The van der Waals surface area contributed by atoms with E-state index in [1.54, 1.807) is 19.1 Å². The molecule has 1 N–H and O–H groups in total. The highest BCUT2D eigenvalue weighted by Crippen LogP contribution is 2.33. The summed E-state index contributed by atoms with van der Waals surface area (Å²) in [5.41, 5.74) is 0.158. The molecule has 166 valence electrons. The lowest BCUT2D eigenvalue weighted by Gasteiger charge is -2.13. The van der Waals surface area contributed by atoms with E-state index in [0.717, 1.165) is 12.1 Å². The lowest BCUT2D eigenvalue weighted by molar-refractivity contribution is 0.0734. The number of ether oxygens (including phenoxy) is 2. The number of halogens is 1. The number of nitrogens with one attached hydrogen (secondary N) is 1. The van der Waals surface area contributed by atoms with E-state index in [-0.39, 0.29) is 40.3 Å². The number of nitrogens with zero attached hydrogens (tertiary/aromatic N) is 1. The van der Waals surface area contributed by atoms with Crippen LogP contribution in [-0.2, 0) is 4.74 Å². The van der Waals surface area contributed by atoms with Crippen molar-refractivity contribution in [2.45, 2.75) is 6.92 Å². The van der Waals surface area contributed by atoms with Gasteiger partial charge in [0.25, 0.3) is 0 Å². The van der Waals surface area contributed by atoms with E-state index in [2.05, 4.69) is 10.3 Å². The summed E-state index contributed by atoms with van der Waals surface area (Å²) in [6.07, 6.45) is 2.12. The molecule has 2 aromatic carbocycles. The van der Waals surface area contributed by atoms with Gasteiger partial charge in [-0.2, -0.15) is 0 Å². The molecule has 2 aromatic heterocycles. The van der Waals surface area contributed by atoms with Crippen molar-refractivity contribution in [1.29, 1.82) is 0 Å². The topological polar surface area (TPSA) is 108 Å². The standard InChI is InChI=1S/C24H17FN2O6/c1-2-31-24(30)27-18-11-15(32-23(29)14-5-4-10-26-13-14)8-9-16(18)21-12-19(28)22-17(25)6-3-7-20(22)33-21/h3-13H,2H2,1H3,(H,27,30). The fraction of sp³-hybridized carbons (Fsp3) is 0.0833. The molecule has 0 saturated carbocycles. The molecule has 0 atom stereocenters. The number of carbonyl (C=O) groups is 2. The van der Waals surface area contributed by atoms with Crippen LogP contribution in [0.3, 0.4) is 0 Å². The van der Waals surface area contributed by atoms with Gasteiger partial charge in [0.1, 0.15) is 28.3 Å². The maximum Gasteiger partial charge on any atom is 0.411 e. The normalized spacial score (nSPS) is 10.6. The zero-order chi connectivity index (χ0) is 23.4. The van der Waals surface area contributed by atoms with E-state index in [0.29, 0.717) is 5.56 Å². The number of anilines is 1. The van der Waals surface area contributed by atoms with Crippen LogP contribution in [0.25, 0.3) is 22.3 Å². The van der Waals surface area contributed by atoms with Gasteiger partial charge in [0.05, 0.1) is 17.9 Å². The molecule has 0 spiro atoms. The second-order valence-corrected chi connectivity index (χ2v) is 6.77. The van der Waals surface area contributed by atoms with Crippen molar-refractivity contribution in [3.63, 3.8) is 0 Å². The van der Waals surface area contributed by atoms with Crippen LogP contribution in [0.4, 0.5) is 14.9 Å². The Morgan fingerprint density at radius 3 is 2.73 bits per heavy atom. The molecule has 0 saturated heterocycles. The van der Waals surface area contributed by atoms with E-state index in [1.807, 2.05) is 0 Å². The predicted octanol–water partition coefficient (Wildman–Crippen LogP) is 4.78. The highest BCUT2D eigenvalue weighted by Gasteiger charge is 2.17. The van der Waals surface area contributed by atoms with Crippen molar-refractivity contribution in [2.24, 2.45) is 0 Å². The van der Waals surface area contributed by atoms with Crippen LogP contribution in [-0.4, -0.2) is 23.7 Å². The molecule has 0 radical (unpaired) electrons. The van der Waals surface area contributed by atoms with Gasteiger partial charge in [0, 0.05) is 30.1 Å². The molecule has 0 aliphatic heterocycles. The number of benzene rings is 2. The predicted molar refractivity (Wildman–Crippen MR) is 118 cm³/mol. The lowest BCUT2D eigenvalue weighted by Crippen LogP contribution is -2.15. The average Bonchev–Trinajstić information content (AvgIpc) is 2.80. The summed E-state index contributed by atoms with van der Waals surface area (Å²) in [4.78, 5) is 40.8. The Morgan fingerprint density at radius 1 is 1.12 bits per heavy atom. The van der Waals surface area contributed by atoms with Crippen molar-refractivity contribution in [3.05, 3.63) is 88.6 Å². The number of rotatable bonds is 5. The Morgan fingerprint density at radius 2 is 1.97 bits per heavy atom. The number of hydrogen-bond donors (Lipinski definition) is 1. The summed E-state index contributed by atoms with van der Waals surface area (Å²) in [6, 6.07) is 12.7. The summed E-state index contributed by atoms with van der Waals surface area (Å²) < 4.78 is 30.1. The number of fused-ring (bicyclic) bond motifs is 1. The molecule has 0 aliphatic rings. The zero-order valence-corrected chi connectivity index (χ0v) is 17.3. The first kappa shape index (κ1) is 21.7. The van der Waals surface area contributed by atoms with Gasteiger partial charge in [0.2, 0.25) is 0 Å². The molecule has 0 aliphatic carbocycles. The highest BCUT2D eigenvalue weighted by molar-refractivity contribution is 5.93. The van der Waals surface area contributed by atoms with E-state index in [9.17, 15) is 18.8 Å². The first-order valence-corrected chi connectivity index (χ1v) is 9.89. The summed E-state index contributed by atoms with van der Waals surface area (Å²) in [6.45, 7) is 1.77. The molecular formula is C24H17FN2O6. The monoisotopic (exact) mass is 448 g/mol. The van der Waals surface area contributed by atoms with Crippen LogP contribution in [0.1, 0.15) is 17.3 Å². The van der Waals surface area contributed by atoms with Crippen molar-refractivity contribution in [2.75, 3.05) is 11.9 Å². The average molecular weight is 448 g/mol. The number of hydrogen-bond acceptors (Lipinski definition) is 7. The third kappa shape index (κ3) is 4.72. The molecule has 4 aromatic rings. The van der Waals surface area contributed by atoms with Crippen molar-refractivity contribution >= 4 is 28.7 Å². The van der Waals surface area contributed by atoms with Crippen LogP contribution in [0.15, 0.2) is 76.2 Å². The number of pyridine rings is 1. The van der Waals surface area contributed by atoms with Crippen molar-refractivity contribution < 1.29 is 27.9 Å². The molecule has 2 heterocycles. The third-order valence-electron chi connectivity index (χ3n) is 4.58. The fourth-order valence-electron chi connectivity index (χ4n) is 3.13. The van der Waals surface area contributed by atoms with Gasteiger partial charge in [-0.05, 0) is 43.3 Å². The Hall–Kier alpha value is -4.53. The number of amides is 1. The van der Waals surface area contributed by atoms with Crippen LogP contribution in [0.5, 0.6) is 5.75 Å². The summed E-state index contributed by atoms with van der Waals surface area (Å²) in [7, 11) is 0. The number of esters is 1.